The first kappa shape index (κ1) is 24.4. The maximum Gasteiger partial charge on any atom is 0.260 e. The first-order valence-electron chi connectivity index (χ1n) is 10.7. The Morgan fingerprint density at radius 3 is 2.50 bits per heavy atom. The summed E-state index contributed by atoms with van der Waals surface area (Å²) in [4.78, 5) is 16.8. The van der Waals surface area contributed by atoms with Crippen molar-refractivity contribution in [3.8, 4) is 5.75 Å². The van der Waals surface area contributed by atoms with Crippen LogP contribution in [0.3, 0.4) is 0 Å². The average molecular weight is 480 g/mol. The fourth-order valence-electron chi connectivity index (χ4n) is 3.59. The van der Waals surface area contributed by atoms with Gasteiger partial charge in [0.15, 0.2) is 6.61 Å². The zero-order chi connectivity index (χ0) is 23.3. The molecule has 1 saturated heterocycles. The summed E-state index contributed by atoms with van der Waals surface area (Å²) in [7, 11) is -3.61. The van der Waals surface area contributed by atoms with Crippen molar-refractivity contribution in [3.63, 3.8) is 0 Å². The Bertz CT molecular complexity index is 1070. The summed E-state index contributed by atoms with van der Waals surface area (Å²) < 4.78 is 32.5. The molecule has 3 rings (SSSR count). The van der Waals surface area contributed by atoms with Crippen molar-refractivity contribution in [2.24, 2.45) is 0 Å². The molecule has 0 unspecified atom stereocenters. The molecule has 7 nitrogen and oxygen atoms in total. The van der Waals surface area contributed by atoms with Crippen LogP contribution in [0.1, 0.15) is 24.5 Å². The van der Waals surface area contributed by atoms with Crippen molar-refractivity contribution >= 4 is 33.2 Å². The largest absolute Gasteiger partial charge is 0.482 e. The molecule has 2 aromatic carbocycles. The lowest BCUT2D eigenvalue weighted by Crippen LogP contribution is -2.50. The number of aryl methyl sites for hydroxylation is 1. The van der Waals surface area contributed by atoms with Gasteiger partial charge in [-0.15, -0.1) is 0 Å². The van der Waals surface area contributed by atoms with Crippen LogP contribution in [-0.2, 0) is 14.8 Å². The van der Waals surface area contributed by atoms with Crippen molar-refractivity contribution < 1.29 is 17.9 Å². The van der Waals surface area contributed by atoms with Crippen molar-refractivity contribution in [2.75, 3.05) is 44.2 Å². The van der Waals surface area contributed by atoms with E-state index < -0.39 is 10.0 Å². The fraction of sp³-hybridized carbons (Fsp3) is 0.435. The molecular weight excluding hydrogens is 450 g/mol. The molecule has 0 aliphatic carbocycles. The van der Waals surface area contributed by atoms with Crippen LogP contribution in [0.5, 0.6) is 5.75 Å². The first-order valence-corrected chi connectivity index (χ1v) is 12.6. The molecule has 0 bridgehead atoms. The maximum absolute atomic E-state index is 12.6. The van der Waals surface area contributed by atoms with E-state index in [2.05, 4.69) is 41.7 Å². The number of ether oxygens (including phenoxy) is 1. The molecule has 1 aliphatic rings. The van der Waals surface area contributed by atoms with Crippen molar-refractivity contribution in [2.45, 2.75) is 32.1 Å². The SMILES string of the molecule is CCCNS(=O)(=O)c1ccc(OCC(=O)N2CCN(c3cccc(C)c3C)CC2)c(Cl)c1. The predicted octanol–water partition coefficient (Wildman–Crippen LogP) is 3.37. The Morgan fingerprint density at radius 1 is 1.12 bits per heavy atom. The van der Waals surface area contributed by atoms with Crippen LogP contribution < -0.4 is 14.4 Å². The average Bonchev–Trinajstić information content (AvgIpc) is 2.78. The summed E-state index contributed by atoms with van der Waals surface area (Å²) in [6, 6.07) is 10.5. The minimum Gasteiger partial charge on any atom is -0.482 e. The molecule has 0 aromatic heterocycles. The van der Waals surface area contributed by atoms with Gasteiger partial charge in [0.25, 0.3) is 5.91 Å². The van der Waals surface area contributed by atoms with Gasteiger partial charge in [-0.05, 0) is 55.7 Å². The van der Waals surface area contributed by atoms with Gasteiger partial charge in [0.2, 0.25) is 10.0 Å². The number of anilines is 1. The Morgan fingerprint density at radius 2 is 1.84 bits per heavy atom. The Labute approximate surface area is 195 Å². The molecule has 2 aromatic rings. The summed E-state index contributed by atoms with van der Waals surface area (Å²) >= 11 is 6.20. The highest BCUT2D eigenvalue weighted by molar-refractivity contribution is 7.89. The van der Waals surface area contributed by atoms with E-state index >= 15 is 0 Å². The highest BCUT2D eigenvalue weighted by Gasteiger charge is 2.23. The van der Waals surface area contributed by atoms with E-state index in [0.29, 0.717) is 26.1 Å². The van der Waals surface area contributed by atoms with Crippen molar-refractivity contribution in [1.29, 1.82) is 0 Å². The standard InChI is InChI=1S/C23H30ClN3O4S/c1-4-10-25-32(29,30)19-8-9-22(20(24)15-19)31-16-23(28)27-13-11-26(12-14-27)21-7-5-6-17(2)18(21)3/h5-9,15,25H,4,10-14,16H2,1-3H3. The number of nitrogens with zero attached hydrogens (tertiary/aromatic N) is 2. The molecule has 9 heteroatoms. The lowest BCUT2D eigenvalue weighted by atomic mass is 10.1. The number of amides is 1. The van der Waals surface area contributed by atoms with Gasteiger partial charge in [0.05, 0.1) is 9.92 Å². The Balaban J connectivity index is 1.55. The topological polar surface area (TPSA) is 78.9 Å². The van der Waals surface area contributed by atoms with Gasteiger partial charge in [-0.25, -0.2) is 13.1 Å². The smallest absolute Gasteiger partial charge is 0.260 e. The number of rotatable bonds is 8. The molecule has 1 amide bonds. The lowest BCUT2D eigenvalue weighted by Gasteiger charge is -2.37. The molecule has 0 spiro atoms. The van der Waals surface area contributed by atoms with Crippen LogP contribution in [0.2, 0.25) is 5.02 Å². The van der Waals surface area contributed by atoms with E-state index in [1.165, 1.54) is 35.0 Å². The van der Waals surface area contributed by atoms with Gasteiger partial charge < -0.3 is 14.5 Å². The zero-order valence-electron chi connectivity index (χ0n) is 18.7. The Hall–Kier alpha value is -2.29. The van der Waals surface area contributed by atoms with Crippen LogP contribution in [0.15, 0.2) is 41.3 Å². The molecular formula is C23H30ClN3O4S. The summed E-state index contributed by atoms with van der Waals surface area (Å²) in [5.41, 5.74) is 3.73. The van der Waals surface area contributed by atoms with E-state index in [-0.39, 0.29) is 28.2 Å². The number of benzene rings is 2. The summed E-state index contributed by atoms with van der Waals surface area (Å²) in [6.45, 7) is 9.05. The molecule has 0 radical (unpaired) electrons. The quantitative estimate of drug-likeness (QED) is 0.628. The number of piperazine rings is 1. The maximum atomic E-state index is 12.6. The van der Waals surface area contributed by atoms with Crippen molar-refractivity contribution in [1.82, 2.24) is 9.62 Å². The highest BCUT2D eigenvalue weighted by Crippen LogP contribution is 2.28. The molecule has 0 saturated carbocycles. The van der Waals surface area contributed by atoms with E-state index in [1.54, 1.807) is 4.90 Å². The van der Waals surface area contributed by atoms with Crippen LogP contribution in [0.4, 0.5) is 5.69 Å². The Kier molecular flexibility index (Phi) is 8.03. The fourth-order valence-corrected chi connectivity index (χ4v) is 5.05. The van der Waals surface area contributed by atoms with E-state index in [1.807, 2.05) is 6.92 Å². The molecule has 32 heavy (non-hydrogen) atoms. The normalized spacial score (nSPS) is 14.5. The highest BCUT2D eigenvalue weighted by atomic mass is 35.5. The molecule has 1 heterocycles. The summed E-state index contributed by atoms with van der Waals surface area (Å²) in [5, 5.41) is 0.150. The lowest BCUT2D eigenvalue weighted by molar-refractivity contribution is -0.133. The second-order valence-electron chi connectivity index (χ2n) is 7.87. The van der Waals surface area contributed by atoms with Gasteiger partial charge in [-0.1, -0.05) is 30.7 Å². The van der Waals surface area contributed by atoms with Gasteiger partial charge in [0.1, 0.15) is 5.75 Å². The number of hydrogen-bond donors (Lipinski definition) is 1. The van der Waals surface area contributed by atoms with Crippen LogP contribution >= 0.6 is 11.6 Å². The van der Waals surface area contributed by atoms with Crippen LogP contribution in [0.25, 0.3) is 0 Å². The number of carbonyl (C=O) groups is 1. The van der Waals surface area contributed by atoms with Crippen molar-refractivity contribution in [3.05, 3.63) is 52.5 Å². The number of carbonyl (C=O) groups excluding carboxylic acids is 1. The molecule has 0 atom stereocenters. The van der Waals surface area contributed by atoms with Crippen LogP contribution in [0, 0.1) is 13.8 Å². The third-order valence-electron chi connectivity index (χ3n) is 5.66. The number of nitrogens with one attached hydrogen (secondary N) is 1. The summed E-state index contributed by atoms with van der Waals surface area (Å²) in [5.74, 6) is 0.159. The molecule has 1 N–H and O–H groups in total. The van der Waals surface area contributed by atoms with Gasteiger partial charge in [-0.3, -0.25) is 4.79 Å². The van der Waals surface area contributed by atoms with E-state index in [4.69, 9.17) is 16.3 Å². The van der Waals surface area contributed by atoms with Gasteiger partial charge in [-0.2, -0.15) is 0 Å². The number of halogens is 1. The second kappa shape index (κ2) is 10.6. The number of sulfonamides is 1. The summed E-state index contributed by atoms with van der Waals surface area (Å²) in [6.07, 6.45) is 0.690. The number of hydrogen-bond acceptors (Lipinski definition) is 5. The van der Waals surface area contributed by atoms with E-state index in [9.17, 15) is 13.2 Å². The minimum atomic E-state index is -3.61. The zero-order valence-corrected chi connectivity index (χ0v) is 20.3. The minimum absolute atomic E-state index is 0.0668. The van der Waals surface area contributed by atoms with E-state index in [0.717, 1.165) is 13.1 Å². The van der Waals surface area contributed by atoms with Crippen LogP contribution in [-0.4, -0.2) is 58.6 Å². The van der Waals surface area contributed by atoms with Gasteiger partial charge >= 0.3 is 0 Å². The molecule has 1 aliphatic heterocycles. The molecule has 1 fully saturated rings. The van der Waals surface area contributed by atoms with Gasteiger partial charge in [0, 0.05) is 38.4 Å². The third kappa shape index (κ3) is 5.74. The third-order valence-corrected chi connectivity index (χ3v) is 7.41. The molecule has 174 valence electrons. The monoisotopic (exact) mass is 479 g/mol. The first-order chi connectivity index (χ1) is 15.2. The second-order valence-corrected chi connectivity index (χ2v) is 10.0. The predicted molar refractivity (Wildman–Crippen MR) is 127 cm³/mol.